The quantitative estimate of drug-likeness (QED) is 0.719. The van der Waals surface area contributed by atoms with Crippen molar-refractivity contribution in [2.75, 3.05) is 17.6 Å². The van der Waals surface area contributed by atoms with E-state index in [0.29, 0.717) is 23.1 Å². The Morgan fingerprint density at radius 2 is 2.18 bits per heavy atom. The minimum atomic E-state index is -0.127. The third-order valence-corrected chi connectivity index (χ3v) is 5.44. The van der Waals surface area contributed by atoms with Gasteiger partial charge in [0.25, 0.3) is 0 Å². The lowest BCUT2D eigenvalue weighted by atomic mass is 10.0. The third kappa shape index (κ3) is 5.01. The molecule has 2 amide bonds. The van der Waals surface area contributed by atoms with Crippen molar-refractivity contribution in [2.45, 2.75) is 44.7 Å². The standard InChI is InChI=1S/C20H25N5O2S/c1-3-24(17-9-5-4-6-10-17)19(27)13-28-20-23-21-14-25(20)18-11-7-8-16(12-18)22-15(2)26/h7-9,11-12,14H,3-6,10,13H2,1-2H3,(H,22,26). The van der Waals surface area contributed by atoms with Crippen LogP contribution in [0, 0.1) is 0 Å². The number of anilines is 1. The van der Waals surface area contributed by atoms with Gasteiger partial charge in [0.15, 0.2) is 5.16 Å². The highest BCUT2D eigenvalue weighted by Gasteiger charge is 2.19. The van der Waals surface area contributed by atoms with Crippen molar-refractivity contribution in [3.05, 3.63) is 42.4 Å². The first-order chi connectivity index (χ1) is 13.6. The number of nitrogens with one attached hydrogen (secondary N) is 1. The van der Waals surface area contributed by atoms with Gasteiger partial charge in [-0.05, 0) is 50.8 Å². The van der Waals surface area contributed by atoms with Gasteiger partial charge in [-0.25, -0.2) is 0 Å². The molecule has 0 saturated heterocycles. The molecule has 0 fully saturated rings. The molecule has 0 bridgehead atoms. The molecule has 7 nitrogen and oxygen atoms in total. The number of rotatable bonds is 7. The van der Waals surface area contributed by atoms with E-state index in [1.807, 2.05) is 40.7 Å². The molecule has 1 aromatic heterocycles. The van der Waals surface area contributed by atoms with Gasteiger partial charge in [0.1, 0.15) is 6.33 Å². The average molecular weight is 400 g/mol. The maximum Gasteiger partial charge on any atom is 0.237 e. The summed E-state index contributed by atoms with van der Waals surface area (Å²) < 4.78 is 1.82. The van der Waals surface area contributed by atoms with Gasteiger partial charge in [-0.15, -0.1) is 10.2 Å². The smallest absolute Gasteiger partial charge is 0.237 e. The normalized spacial score (nSPS) is 13.7. The summed E-state index contributed by atoms with van der Waals surface area (Å²) in [6.07, 6.45) is 8.15. The summed E-state index contributed by atoms with van der Waals surface area (Å²) in [6.45, 7) is 4.16. The van der Waals surface area contributed by atoms with Crippen LogP contribution in [0.4, 0.5) is 5.69 Å². The number of amides is 2. The van der Waals surface area contributed by atoms with Crippen LogP contribution in [0.2, 0.25) is 0 Å². The Kier molecular flexibility index (Phi) is 6.86. The molecular weight excluding hydrogens is 374 g/mol. The highest BCUT2D eigenvalue weighted by Crippen LogP contribution is 2.25. The van der Waals surface area contributed by atoms with Crippen LogP contribution in [0.1, 0.15) is 39.5 Å². The van der Waals surface area contributed by atoms with E-state index in [2.05, 4.69) is 21.6 Å². The Balaban J connectivity index is 1.70. The Hall–Kier alpha value is -2.61. The fraction of sp³-hybridized carbons (Fsp3) is 0.400. The van der Waals surface area contributed by atoms with Crippen molar-refractivity contribution in [2.24, 2.45) is 0 Å². The van der Waals surface area contributed by atoms with Crippen molar-refractivity contribution in [3.63, 3.8) is 0 Å². The molecule has 8 heteroatoms. The average Bonchev–Trinajstić information content (AvgIpc) is 3.16. The highest BCUT2D eigenvalue weighted by molar-refractivity contribution is 7.99. The van der Waals surface area contributed by atoms with Crippen LogP contribution in [0.25, 0.3) is 5.69 Å². The lowest BCUT2D eigenvalue weighted by Gasteiger charge is -2.26. The summed E-state index contributed by atoms with van der Waals surface area (Å²) in [7, 11) is 0. The van der Waals surface area contributed by atoms with Gasteiger partial charge in [0.2, 0.25) is 11.8 Å². The first kappa shape index (κ1) is 20.1. The molecule has 1 aliphatic carbocycles. The molecular formula is C20H25N5O2S. The van der Waals surface area contributed by atoms with E-state index >= 15 is 0 Å². The molecule has 0 saturated carbocycles. The number of allylic oxidation sites excluding steroid dienone is 2. The topological polar surface area (TPSA) is 80.1 Å². The second-order valence-electron chi connectivity index (χ2n) is 6.58. The van der Waals surface area contributed by atoms with E-state index in [1.165, 1.54) is 25.1 Å². The summed E-state index contributed by atoms with van der Waals surface area (Å²) >= 11 is 1.37. The van der Waals surface area contributed by atoms with Crippen LogP contribution >= 0.6 is 11.8 Å². The lowest BCUT2D eigenvalue weighted by molar-refractivity contribution is -0.126. The second kappa shape index (κ2) is 9.54. The van der Waals surface area contributed by atoms with Gasteiger partial charge in [-0.2, -0.15) is 0 Å². The predicted molar refractivity (Wildman–Crippen MR) is 110 cm³/mol. The SMILES string of the molecule is CCN(C(=O)CSc1nncn1-c1cccc(NC(C)=O)c1)C1=CCCCC1. The zero-order valence-electron chi connectivity index (χ0n) is 16.2. The summed E-state index contributed by atoms with van der Waals surface area (Å²) in [5.74, 6) is 0.259. The Bertz CT molecular complexity index is 877. The van der Waals surface area contributed by atoms with E-state index < -0.39 is 0 Å². The number of benzene rings is 1. The van der Waals surface area contributed by atoms with Crippen molar-refractivity contribution < 1.29 is 9.59 Å². The summed E-state index contributed by atoms with van der Waals surface area (Å²) in [5.41, 5.74) is 2.67. The highest BCUT2D eigenvalue weighted by atomic mass is 32.2. The zero-order valence-corrected chi connectivity index (χ0v) is 17.0. The second-order valence-corrected chi connectivity index (χ2v) is 7.53. The maximum absolute atomic E-state index is 12.8. The molecule has 1 N–H and O–H groups in total. The van der Waals surface area contributed by atoms with Crippen LogP contribution in [0.5, 0.6) is 0 Å². The number of carbonyl (C=O) groups is 2. The van der Waals surface area contributed by atoms with Gasteiger partial charge in [0, 0.05) is 24.9 Å². The molecule has 0 atom stereocenters. The van der Waals surface area contributed by atoms with Crippen molar-refractivity contribution in [1.29, 1.82) is 0 Å². The Morgan fingerprint density at radius 3 is 2.89 bits per heavy atom. The summed E-state index contributed by atoms with van der Waals surface area (Å²) in [5, 5.41) is 11.6. The number of carbonyl (C=O) groups excluding carboxylic acids is 2. The molecule has 1 aromatic carbocycles. The number of nitrogens with zero attached hydrogens (tertiary/aromatic N) is 4. The molecule has 0 radical (unpaired) electrons. The van der Waals surface area contributed by atoms with Gasteiger partial charge < -0.3 is 10.2 Å². The molecule has 0 aliphatic heterocycles. The molecule has 0 spiro atoms. The fourth-order valence-corrected chi connectivity index (χ4v) is 4.05. The van der Waals surface area contributed by atoms with E-state index in [0.717, 1.165) is 30.6 Å². The van der Waals surface area contributed by atoms with Crippen molar-refractivity contribution >= 4 is 29.3 Å². The van der Waals surface area contributed by atoms with Crippen LogP contribution in [-0.4, -0.2) is 43.8 Å². The number of hydrogen-bond donors (Lipinski definition) is 1. The lowest BCUT2D eigenvalue weighted by Crippen LogP contribution is -2.32. The number of aromatic nitrogens is 3. The van der Waals surface area contributed by atoms with E-state index in [1.54, 1.807) is 6.33 Å². The third-order valence-electron chi connectivity index (χ3n) is 4.52. The molecule has 0 unspecified atom stereocenters. The van der Waals surface area contributed by atoms with Gasteiger partial charge in [-0.3, -0.25) is 14.2 Å². The van der Waals surface area contributed by atoms with E-state index in [4.69, 9.17) is 0 Å². The molecule has 28 heavy (non-hydrogen) atoms. The minimum Gasteiger partial charge on any atom is -0.326 e. The van der Waals surface area contributed by atoms with Crippen LogP contribution in [-0.2, 0) is 9.59 Å². The molecule has 1 heterocycles. The van der Waals surface area contributed by atoms with Gasteiger partial charge in [-0.1, -0.05) is 23.9 Å². The Labute approximate surface area is 169 Å². The van der Waals surface area contributed by atoms with E-state index in [9.17, 15) is 9.59 Å². The van der Waals surface area contributed by atoms with Gasteiger partial charge >= 0.3 is 0 Å². The zero-order chi connectivity index (χ0) is 19.9. The fourth-order valence-electron chi connectivity index (χ4n) is 3.25. The first-order valence-electron chi connectivity index (χ1n) is 9.48. The largest absolute Gasteiger partial charge is 0.326 e. The van der Waals surface area contributed by atoms with Crippen LogP contribution in [0.3, 0.4) is 0 Å². The summed E-state index contributed by atoms with van der Waals surface area (Å²) in [6, 6.07) is 7.44. The maximum atomic E-state index is 12.8. The minimum absolute atomic E-state index is 0.0854. The van der Waals surface area contributed by atoms with Crippen LogP contribution < -0.4 is 5.32 Å². The van der Waals surface area contributed by atoms with Crippen LogP contribution in [0.15, 0.2) is 47.5 Å². The molecule has 2 aromatic rings. The number of hydrogen-bond acceptors (Lipinski definition) is 5. The molecule has 3 rings (SSSR count). The van der Waals surface area contributed by atoms with Gasteiger partial charge in [0.05, 0.1) is 11.4 Å². The first-order valence-corrected chi connectivity index (χ1v) is 10.5. The van der Waals surface area contributed by atoms with E-state index in [-0.39, 0.29) is 11.8 Å². The van der Waals surface area contributed by atoms with Crippen molar-refractivity contribution in [1.82, 2.24) is 19.7 Å². The summed E-state index contributed by atoms with van der Waals surface area (Å²) in [4.78, 5) is 25.9. The predicted octanol–water partition coefficient (Wildman–Crippen LogP) is 3.62. The Morgan fingerprint density at radius 1 is 1.32 bits per heavy atom. The monoisotopic (exact) mass is 399 g/mol. The molecule has 148 valence electrons. The number of thioether (sulfide) groups is 1. The van der Waals surface area contributed by atoms with Crippen molar-refractivity contribution in [3.8, 4) is 5.69 Å². The molecule has 1 aliphatic rings.